The van der Waals surface area contributed by atoms with Crippen LogP contribution in [-0.4, -0.2) is 29.6 Å². The number of nitrogens with two attached hydrogens (primary N) is 2. The van der Waals surface area contributed by atoms with Crippen LogP contribution in [0, 0.1) is 0 Å². The van der Waals surface area contributed by atoms with Gasteiger partial charge in [0.15, 0.2) is 23.7 Å². The highest BCUT2D eigenvalue weighted by molar-refractivity contribution is 7.20. The third kappa shape index (κ3) is 2.41. The number of hydrogen-bond donors (Lipinski definition) is 2. The number of nitrogen functional groups attached to an aromatic ring is 2. The molecule has 2 fully saturated rings. The molecule has 0 amide bonds. The summed E-state index contributed by atoms with van der Waals surface area (Å²) in [7, 11) is 0. The zero-order valence-electron chi connectivity index (χ0n) is 14.0. The van der Waals surface area contributed by atoms with Crippen LogP contribution in [0.15, 0.2) is 0 Å². The summed E-state index contributed by atoms with van der Waals surface area (Å²) in [6.07, 6.45) is -1.94. The van der Waals surface area contributed by atoms with Gasteiger partial charge in [-0.1, -0.05) is 0 Å². The van der Waals surface area contributed by atoms with Crippen LogP contribution >= 0.6 is 11.3 Å². The number of aromatic nitrogens is 1. The minimum absolute atomic E-state index is 0.227. The zero-order chi connectivity index (χ0) is 17.9. The number of thiazole rings is 1. The monoisotopic (exact) mass is 369 g/mol. The second kappa shape index (κ2) is 5.85. The first-order chi connectivity index (χ1) is 11.9. The fourth-order valence-corrected chi connectivity index (χ4v) is 4.11. The normalized spacial score (nSPS) is 28.6. The van der Waals surface area contributed by atoms with Crippen molar-refractivity contribution in [2.75, 3.05) is 18.1 Å². The maximum absolute atomic E-state index is 12.2. The molecule has 9 nitrogen and oxygen atoms in total. The topological polar surface area (TPSA) is 120 Å². The molecule has 0 saturated carbocycles. The fourth-order valence-electron chi connectivity index (χ4n) is 2.98. The number of ether oxygens (including phenoxy) is 5. The second-order valence-corrected chi connectivity index (χ2v) is 6.73. The predicted octanol–water partition coefficient (Wildman–Crippen LogP) is 2.12. The number of hydrogen-bond acceptors (Lipinski definition) is 9. The summed E-state index contributed by atoms with van der Waals surface area (Å²) < 4.78 is 29.1. The van der Waals surface area contributed by atoms with Gasteiger partial charge in [0, 0.05) is 0 Å². The number of rotatable bonds is 4. The Morgan fingerprint density at radius 3 is 2.32 bits per heavy atom. The number of carbonyl (C=O) groups excluding carboxylic acids is 1. The Labute approximate surface area is 147 Å². The van der Waals surface area contributed by atoms with Crippen molar-refractivity contribution >= 4 is 33.6 Å². The van der Waals surface area contributed by atoms with E-state index >= 15 is 0 Å². The van der Waals surface area contributed by atoms with Crippen LogP contribution in [0.2, 0.25) is 0 Å². The maximum Gasteiger partial charge on any atom is 0.352 e. The van der Waals surface area contributed by atoms with E-state index in [1.54, 1.807) is 25.2 Å². The molecule has 2 aliphatic heterocycles. The number of esters is 1. The van der Waals surface area contributed by atoms with Crippen LogP contribution in [0.3, 0.4) is 0 Å². The number of anilines is 2. The number of nitrogens with zero attached hydrogens (tertiary/aromatic N) is 1. The molecule has 0 spiro atoms. The van der Waals surface area contributed by atoms with E-state index < -0.39 is 18.5 Å². The first-order valence-electron chi connectivity index (χ1n) is 7.93. The largest absolute Gasteiger partial charge is 0.462 e. The van der Waals surface area contributed by atoms with Crippen LogP contribution in [0.1, 0.15) is 54.3 Å². The second-order valence-electron chi connectivity index (χ2n) is 5.73. The average Bonchev–Trinajstić information content (AvgIpc) is 2.96. The lowest BCUT2D eigenvalue weighted by molar-refractivity contribution is -0.384. The van der Waals surface area contributed by atoms with Gasteiger partial charge in [-0.05, 0) is 20.8 Å². The molecule has 0 atom stereocenters. The Morgan fingerprint density at radius 1 is 1.16 bits per heavy atom. The molecular weight excluding hydrogens is 350 g/mol. The van der Waals surface area contributed by atoms with Crippen LogP contribution < -0.4 is 11.5 Å². The minimum Gasteiger partial charge on any atom is -0.462 e. The van der Waals surface area contributed by atoms with E-state index in [9.17, 15) is 4.79 Å². The summed E-state index contributed by atoms with van der Waals surface area (Å²) in [5, 5.41) is 0. The molecule has 2 saturated heterocycles. The highest BCUT2D eigenvalue weighted by atomic mass is 32.1. The van der Waals surface area contributed by atoms with E-state index in [0.717, 1.165) is 0 Å². The lowest BCUT2D eigenvalue weighted by Crippen LogP contribution is -2.33. The summed E-state index contributed by atoms with van der Waals surface area (Å²) in [6, 6.07) is 0. The Hall–Kier alpha value is -1.85. The van der Waals surface area contributed by atoms with E-state index in [-0.39, 0.29) is 25.0 Å². The van der Waals surface area contributed by atoms with Crippen molar-refractivity contribution in [3.05, 3.63) is 16.1 Å². The van der Waals surface area contributed by atoms with E-state index in [0.29, 0.717) is 26.7 Å². The summed E-state index contributed by atoms with van der Waals surface area (Å²) >= 11 is 1.18. The van der Waals surface area contributed by atoms with Gasteiger partial charge >= 0.3 is 5.97 Å². The first kappa shape index (κ1) is 16.6. The molecule has 4 heterocycles. The van der Waals surface area contributed by atoms with Gasteiger partial charge in [0.25, 0.3) is 0 Å². The number of carbonyl (C=O) groups is 1. The molecule has 0 aromatic carbocycles. The van der Waals surface area contributed by atoms with Crippen LogP contribution in [-0.2, 0) is 23.7 Å². The molecule has 10 heteroatoms. The van der Waals surface area contributed by atoms with E-state index in [1.165, 1.54) is 11.3 Å². The molecule has 2 aliphatic rings. The van der Waals surface area contributed by atoms with Crippen LogP contribution in [0.25, 0.3) is 4.83 Å². The molecule has 0 unspecified atom stereocenters. The van der Waals surface area contributed by atoms with Crippen LogP contribution in [0.4, 0.5) is 11.5 Å². The van der Waals surface area contributed by atoms with E-state index in [1.807, 2.05) is 0 Å². The van der Waals surface area contributed by atoms with Gasteiger partial charge < -0.3 is 35.2 Å². The molecule has 136 valence electrons. The van der Waals surface area contributed by atoms with Crippen molar-refractivity contribution in [2.45, 2.75) is 45.9 Å². The molecule has 2 aromatic rings. The van der Waals surface area contributed by atoms with Gasteiger partial charge in [-0.15, -0.1) is 11.3 Å². The smallest absolute Gasteiger partial charge is 0.352 e. The minimum atomic E-state index is -0.666. The van der Waals surface area contributed by atoms with Crippen molar-refractivity contribution in [1.29, 1.82) is 0 Å². The van der Waals surface area contributed by atoms with E-state index in [4.69, 9.17) is 35.2 Å². The molecule has 0 bridgehead atoms. The average molecular weight is 369 g/mol. The molecule has 2 aromatic heterocycles. The molecule has 25 heavy (non-hydrogen) atoms. The lowest BCUT2D eigenvalue weighted by atomic mass is 10.2. The molecule has 0 radical (unpaired) electrons. The third-order valence-corrected chi connectivity index (χ3v) is 5.27. The summed E-state index contributed by atoms with van der Waals surface area (Å²) in [6.45, 7) is 5.55. The van der Waals surface area contributed by atoms with Crippen molar-refractivity contribution in [3.63, 3.8) is 0 Å². The van der Waals surface area contributed by atoms with Gasteiger partial charge in [0.05, 0.1) is 17.9 Å². The standard InChI is InChI=1S/C15H19N3O6S/c1-4-20-13(19)10-11(17)18-9(15-23-6(3)24-15)8(16)7(12(18)25-10)14-21-5(2)22-14/h5-6,14-15H,4,16-17H2,1-3H3. The summed E-state index contributed by atoms with van der Waals surface area (Å²) in [4.78, 5) is 13.1. The Balaban J connectivity index is 1.87. The first-order valence-corrected chi connectivity index (χ1v) is 8.74. The SMILES string of the molecule is CCOC(=O)c1sc2c(C3OC(C)O3)c(N)c(C3OC(C)O3)n2c1N. The van der Waals surface area contributed by atoms with Crippen molar-refractivity contribution in [3.8, 4) is 0 Å². The Bertz CT molecular complexity index is 834. The zero-order valence-corrected chi connectivity index (χ0v) is 14.8. The van der Waals surface area contributed by atoms with Gasteiger partial charge in [-0.25, -0.2) is 4.79 Å². The number of fused-ring (bicyclic) bond motifs is 1. The lowest BCUT2D eigenvalue weighted by Gasteiger charge is -2.35. The molecule has 0 aliphatic carbocycles. The summed E-state index contributed by atoms with van der Waals surface area (Å²) in [5.41, 5.74) is 14.1. The van der Waals surface area contributed by atoms with Crippen LogP contribution in [0.5, 0.6) is 0 Å². The molecule has 4 N–H and O–H groups in total. The van der Waals surface area contributed by atoms with Gasteiger partial charge in [-0.3, -0.25) is 4.40 Å². The Morgan fingerprint density at radius 2 is 1.76 bits per heavy atom. The highest BCUT2D eigenvalue weighted by Gasteiger charge is 2.41. The maximum atomic E-state index is 12.2. The highest BCUT2D eigenvalue weighted by Crippen LogP contribution is 2.48. The predicted molar refractivity (Wildman–Crippen MR) is 88.8 cm³/mol. The van der Waals surface area contributed by atoms with Gasteiger partial charge in [0.2, 0.25) is 6.29 Å². The van der Waals surface area contributed by atoms with E-state index in [2.05, 4.69) is 0 Å². The van der Waals surface area contributed by atoms with Crippen molar-refractivity contribution < 1.29 is 28.5 Å². The molecular formula is C15H19N3O6S. The van der Waals surface area contributed by atoms with Gasteiger partial charge in [0.1, 0.15) is 16.3 Å². The van der Waals surface area contributed by atoms with Gasteiger partial charge in [-0.2, -0.15) is 0 Å². The van der Waals surface area contributed by atoms with Crippen molar-refractivity contribution in [2.24, 2.45) is 0 Å². The fraction of sp³-hybridized carbons (Fsp3) is 0.533. The third-order valence-electron chi connectivity index (χ3n) is 4.09. The van der Waals surface area contributed by atoms with Crippen molar-refractivity contribution in [1.82, 2.24) is 4.40 Å². The quantitative estimate of drug-likeness (QED) is 0.787. The summed E-state index contributed by atoms with van der Waals surface area (Å²) in [5.74, 6) is -0.262. The Kier molecular flexibility index (Phi) is 3.89. The molecule has 4 rings (SSSR count).